The third kappa shape index (κ3) is 7.44. The molecule has 0 spiro atoms. The number of hydrogen-bond acceptors (Lipinski definition) is 1. The van der Waals surface area contributed by atoms with Crippen LogP contribution in [0.4, 0.5) is 0 Å². The van der Waals surface area contributed by atoms with Crippen LogP contribution in [0, 0.1) is 18.2 Å². The van der Waals surface area contributed by atoms with Crippen molar-refractivity contribution < 1.29 is 20.1 Å². The van der Waals surface area contributed by atoms with Gasteiger partial charge >= 0.3 is 20.1 Å². The van der Waals surface area contributed by atoms with Crippen LogP contribution in [0.3, 0.4) is 0 Å². The fraction of sp³-hybridized carbons (Fsp3) is 0.0938. The monoisotopic (exact) mass is 647 g/mol. The predicted octanol–water partition coefficient (Wildman–Crippen LogP) is 7.71. The van der Waals surface area contributed by atoms with Gasteiger partial charge < -0.3 is 4.98 Å². The first-order chi connectivity index (χ1) is 16.5. The largest absolute Gasteiger partial charge is 3.00 e. The van der Waals surface area contributed by atoms with Gasteiger partial charge in [-0.1, -0.05) is 62.1 Å². The molecule has 0 saturated carbocycles. The van der Waals surface area contributed by atoms with Crippen LogP contribution in [0.25, 0.3) is 33.5 Å². The van der Waals surface area contributed by atoms with E-state index in [0.717, 1.165) is 22.4 Å². The SMILES string of the molecule is C[Si](C)(C)c1c[c-]c(-c2[c-]ccc(-c3ccccc3)c2)cc1.[Ir+3].[c-]1ccccc1-c1ccccn1. The topological polar surface area (TPSA) is 12.9 Å². The summed E-state index contributed by atoms with van der Waals surface area (Å²) in [6.45, 7) is 7.08. The minimum absolute atomic E-state index is 0. The van der Waals surface area contributed by atoms with Gasteiger partial charge in [0.15, 0.2) is 0 Å². The molecular weight excluding hydrogens is 619 g/mol. The quantitative estimate of drug-likeness (QED) is 0.144. The van der Waals surface area contributed by atoms with E-state index in [0.29, 0.717) is 0 Å². The summed E-state index contributed by atoms with van der Waals surface area (Å²) in [5, 5.41) is 1.44. The molecule has 1 nitrogen and oxygen atoms in total. The molecule has 0 fully saturated rings. The molecule has 0 unspecified atom stereocenters. The summed E-state index contributed by atoms with van der Waals surface area (Å²) < 4.78 is 0. The predicted molar refractivity (Wildman–Crippen MR) is 146 cm³/mol. The maximum absolute atomic E-state index is 4.22. The van der Waals surface area contributed by atoms with Crippen molar-refractivity contribution >= 4 is 13.3 Å². The normalized spacial score (nSPS) is 10.5. The summed E-state index contributed by atoms with van der Waals surface area (Å²) in [7, 11) is -1.26. The van der Waals surface area contributed by atoms with E-state index in [1.807, 2.05) is 54.6 Å². The average molecular weight is 647 g/mol. The molecule has 4 aromatic carbocycles. The van der Waals surface area contributed by atoms with E-state index in [9.17, 15) is 0 Å². The maximum Gasteiger partial charge on any atom is 3.00 e. The number of hydrogen-bond donors (Lipinski definition) is 0. The minimum Gasteiger partial charge on any atom is -0.305 e. The molecule has 1 heterocycles. The molecule has 35 heavy (non-hydrogen) atoms. The summed E-state index contributed by atoms with van der Waals surface area (Å²) >= 11 is 0. The van der Waals surface area contributed by atoms with Crippen molar-refractivity contribution in [2.24, 2.45) is 0 Å². The second-order valence-electron chi connectivity index (χ2n) is 9.09. The number of pyridine rings is 1. The Bertz CT molecular complexity index is 1260. The fourth-order valence-corrected chi connectivity index (χ4v) is 4.65. The van der Waals surface area contributed by atoms with Crippen molar-refractivity contribution in [3.05, 3.63) is 134 Å². The second kappa shape index (κ2) is 12.6. The van der Waals surface area contributed by atoms with Gasteiger partial charge in [0.05, 0.1) is 0 Å². The van der Waals surface area contributed by atoms with E-state index in [-0.39, 0.29) is 20.1 Å². The molecule has 174 valence electrons. The second-order valence-corrected chi connectivity index (χ2v) is 14.2. The van der Waals surface area contributed by atoms with Crippen LogP contribution in [-0.4, -0.2) is 13.1 Å². The molecule has 5 aromatic rings. The molecule has 3 heteroatoms. The number of rotatable bonds is 4. The third-order valence-electron chi connectivity index (χ3n) is 5.53. The Labute approximate surface area is 224 Å². The molecule has 0 aliphatic carbocycles. The van der Waals surface area contributed by atoms with Gasteiger partial charge in [0.25, 0.3) is 0 Å². The molecular formula is C32H28IrNSi. The molecule has 1 aromatic heterocycles. The number of aromatic nitrogens is 1. The first-order valence-corrected chi connectivity index (χ1v) is 15.0. The summed E-state index contributed by atoms with van der Waals surface area (Å²) in [4.78, 5) is 4.22. The van der Waals surface area contributed by atoms with Gasteiger partial charge in [-0.05, 0) is 17.3 Å². The summed E-state index contributed by atoms with van der Waals surface area (Å²) in [6, 6.07) is 46.9. The van der Waals surface area contributed by atoms with Crippen molar-refractivity contribution in [3.8, 4) is 33.5 Å². The van der Waals surface area contributed by atoms with Crippen LogP contribution in [0.15, 0.2) is 115 Å². The van der Waals surface area contributed by atoms with Crippen LogP contribution in [0.2, 0.25) is 19.6 Å². The van der Waals surface area contributed by atoms with E-state index in [1.54, 1.807) is 6.20 Å². The minimum atomic E-state index is -1.26. The molecule has 0 aliphatic rings. The Hall–Kier alpha value is -3.10. The molecule has 0 radical (unpaired) electrons. The smallest absolute Gasteiger partial charge is 0.305 e. The van der Waals surface area contributed by atoms with Crippen LogP contribution in [0.5, 0.6) is 0 Å². The van der Waals surface area contributed by atoms with E-state index >= 15 is 0 Å². The Morgan fingerprint density at radius 2 is 1.34 bits per heavy atom. The maximum atomic E-state index is 4.22. The van der Waals surface area contributed by atoms with E-state index in [2.05, 4.69) is 97.4 Å². The summed E-state index contributed by atoms with van der Waals surface area (Å²) in [5.41, 5.74) is 6.67. The fourth-order valence-electron chi connectivity index (χ4n) is 3.57. The van der Waals surface area contributed by atoms with Crippen molar-refractivity contribution in [2.45, 2.75) is 19.6 Å². The molecule has 0 saturated heterocycles. The third-order valence-corrected chi connectivity index (χ3v) is 7.57. The van der Waals surface area contributed by atoms with Gasteiger partial charge in [0, 0.05) is 14.3 Å². The van der Waals surface area contributed by atoms with Gasteiger partial charge in [0.2, 0.25) is 0 Å². The van der Waals surface area contributed by atoms with Gasteiger partial charge in [-0.15, -0.1) is 52.7 Å². The van der Waals surface area contributed by atoms with Crippen LogP contribution < -0.4 is 5.19 Å². The zero-order valence-electron chi connectivity index (χ0n) is 20.3. The van der Waals surface area contributed by atoms with Crippen molar-refractivity contribution in [1.29, 1.82) is 0 Å². The number of nitrogens with zero attached hydrogens (tertiary/aromatic N) is 1. The van der Waals surface area contributed by atoms with Gasteiger partial charge in [-0.25, -0.2) is 11.1 Å². The molecule has 0 bridgehead atoms. The van der Waals surface area contributed by atoms with Crippen molar-refractivity contribution in [3.63, 3.8) is 0 Å². The first kappa shape index (κ1) is 26.5. The standard InChI is InChI=1S/C21H20Si.C11H8N.Ir/c1-22(2,3)21-14-12-18(13-15-21)20-11-7-10-19(16-20)17-8-5-4-6-9-17;1-2-6-10(7-3-1)11-8-4-5-9-12-11;/h4-10,12,14-16H,1-3H3;1-6,8-9H;/q-2;-1;+3. The van der Waals surface area contributed by atoms with Crippen molar-refractivity contribution in [2.75, 3.05) is 0 Å². The Morgan fingerprint density at radius 1 is 0.600 bits per heavy atom. The average Bonchev–Trinajstić information content (AvgIpc) is 2.90. The van der Waals surface area contributed by atoms with E-state index in [1.165, 1.54) is 16.3 Å². The van der Waals surface area contributed by atoms with E-state index in [4.69, 9.17) is 0 Å². The Kier molecular flexibility index (Phi) is 9.51. The summed E-state index contributed by atoms with van der Waals surface area (Å²) in [5.74, 6) is 0. The van der Waals surface area contributed by atoms with Crippen LogP contribution in [-0.2, 0) is 20.1 Å². The Morgan fingerprint density at radius 3 is 1.97 bits per heavy atom. The van der Waals surface area contributed by atoms with Crippen LogP contribution >= 0.6 is 0 Å². The van der Waals surface area contributed by atoms with Gasteiger partial charge in [-0.3, -0.25) is 0 Å². The number of benzene rings is 4. The van der Waals surface area contributed by atoms with Crippen molar-refractivity contribution in [1.82, 2.24) is 4.98 Å². The van der Waals surface area contributed by atoms with Crippen LogP contribution in [0.1, 0.15) is 0 Å². The van der Waals surface area contributed by atoms with Gasteiger partial charge in [-0.2, -0.15) is 42.5 Å². The molecule has 0 N–H and O–H groups in total. The molecule has 0 atom stereocenters. The zero-order valence-corrected chi connectivity index (χ0v) is 23.6. The Balaban J connectivity index is 0.000000223. The molecule has 0 aliphatic heterocycles. The zero-order chi connectivity index (χ0) is 23.8. The molecule has 5 rings (SSSR count). The molecule has 0 amide bonds. The van der Waals surface area contributed by atoms with Gasteiger partial charge in [0.1, 0.15) is 0 Å². The first-order valence-electron chi connectivity index (χ1n) is 11.5. The summed E-state index contributed by atoms with van der Waals surface area (Å²) in [6.07, 6.45) is 1.79. The van der Waals surface area contributed by atoms with E-state index < -0.39 is 8.07 Å².